The molecular weight excluding hydrogens is 836 g/mol. The number of anilines is 1. The Balaban J connectivity index is 1.39. The Labute approximate surface area is 388 Å². The second-order valence-corrected chi connectivity index (χ2v) is 20.5. The van der Waals surface area contributed by atoms with E-state index in [1.807, 2.05) is 19.1 Å². The molecule has 3 heterocycles. The number of rotatable bonds is 12. The molecule has 7 nitrogen and oxygen atoms in total. The molecule has 3 aliphatic rings. The summed E-state index contributed by atoms with van der Waals surface area (Å²) in [5.41, 5.74) is 8.29. The topological polar surface area (TPSA) is 70.5 Å². The molecule has 9 heteroatoms. The van der Waals surface area contributed by atoms with Gasteiger partial charge in [0.15, 0.2) is 5.71 Å². The van der Waals surface area contributed by atoms with Crippen LogP contribution in [-0.4, -0.2) is 37.6 Å². The molecule has 1 aromatic heterocycles. The van der Waals surface area contributed by atoms with Gasteiger partial charge in [-0.2, -0.15) is 4.58 Å². The van der Waals surface area contributed by atoms with Crippen molar-refractivity contribution >= 4 is 67.4 Å². The highest BCUT2D eigenvalue weighted by molar-refractivity contribution is 6.37. The van der Waals surface area contributed by atoms with Gasteiger partial charge in [-0.25, -0.2) is 4.79 Å². The van der Waals surface area contributed by atoms with Crippen LogP contribution in [0.2, 0.25) is 10.0 Å². The molecule has 0 fully saturated rings. The number of allylic oxidation sites excluding steroid dienone is 7. The number of aromatic nitrogens is 2. The summed E-state index contributed by atoms with van der Waals surface area (Å²) in [6.45, 7) is 28.6. The van der Waals surface area contributed by atoms with Crippen LogP contribution in [0.3, 0.4) is 0 Å². The Bertz CT molecular complexity index is 3030. The molecule has 0 saturated heterocycles. The van der Waals surface area contributed by atoms with Gasteiger partial charge in [-0.3, -0.25) is 13.9 Å². The lowest BCUT2D eigenvalue weighted by Gasteiger charge is -2.28. The van der Waals surface area contributed by atoms with Crippen LogP contribution in [0.5, 0.6) is 5.88 Å². The van der Waals surface area contributed by atoms with Gasteiger partial charge in [-0.1, -0.05) is 126 Å². The van der Waals surface area contributed by atoms with Crippen molar-refractivity contribution in [1.82, 2.24) is 9.13 Å². The molecule has 0 amide bonds. The molecule has 334 valence electrons. The van der Waals surface area contributed by atoms with Gasteiger partial charge in [0.2, 0.25) is 11.6 Å². The molecule has 64 heavy (non-hydrogen) atoms. The van der Waals surface area contributed by atoms with Crippen molar-refractivity contribution in [3.05, 3.63) is 149 Å². The fraction of sp³-hybridized carbons (Fsp3) is 0.400. The maximum Gasteiger partial charge on any atom is 0.333 e. The van der Waals surface area contributed by atoms with Gasteiger partial charge in [0.25, 0.3) is 5.56 Å². The summed E-state index contributed by atoms with van der Waals surface area (Å²) in [6, 6.07) is 20.9. The third kappa shape index (κ3) is 7.22. The lowest BCUT2D eigenvalue weighted by atomic mass is 9.75. The van der Waals surface area contributed by atoms with E-state index in [4.69, 9.17) is 29.8 Å². The number of benzene rings is 4. The van der Waals surface area contributed by atoms with E-state index in [0.29, 0.717) is 35.3 Å². The SMILES string of the molecule is C=C(C1=C(c2c(O)n(CC)c(=O)n(CC)c2=O)/C(=C/C=C2/N(CCC(C)C)c3cc(Cl)c4ccccc4c3C2(C)C)CC1)C1=[N+](CCC(C)C)c2cc(Cl)c3ccccc3c2C1(C)C. The van der Waals surface area contributed by atoms with E-state index in [1.54, 1.807) is 6.92 Å². The maximum atomic E-state index is 14.8. The van der Waals surface area contributed by atoms with Crippen molar-refractivity contribution in [2.45, 2.75) is 119 Å². The predicted molar refractivity (Wildman–Crippen MR) is 269 cm³/mol. The van der Waals surface area contributed by atoms with E-state index in [2.05, 4.69) is 126 Å². The van der Waals surface area contributed by atoms with E-state index in [0.717, 1.165) is 92.0 Å². The van der Waals surface area contributed by atoms with Crippen LogP contribution in [-0.2, 0) is 23.9 Å². The number of nitrogens with zero attached hydrogens (tertiary/aromatic N) is 4. The van der Waals surface area contributed by atoms with Gasteiger partial charge in [0.05, 0.1) is 15.5 Å². The standard InChI is InChI=1S/C55H62Cl2N4O3/c1-12-58-51(62)47(52(63)59(13-2)53(58)64)46-35(23-25-45-54(8,9)48-39-20-16-14-18-37(39)41(56)30-43(48)60(45)28-26-32(3)4)22-24-36(46)34(7)50-55(10,11)49-40-21-17-15-19-38(40)42(57)31-44(49)61(50)29-27-33(5)6/h14-21,23,25,30-33H,7,12-13,22,24,26-29H2,1-6,8-11H3/p+1/b35-23+,45-25+. The number of halogens is 2. The highest BCUT2D eigenvalue weighted by Crippen LogP contribution is 2.54. The second-order valence-electron chi connectivity index (χ2n) is 19.7. The molecule has 0 saturated carbocycles. The van der Waals surface area contributed by atoms with Crippen molar-refractivity contribution < 1.29 is 9.68 Å². The van der Waals surface area contributed by atoms with Crippen LogP contribution < -0.4 is 16.1 Å². The predicted octanol–water partition coefficient (Wildman–Crippen LogP) is 13.2. The molecule has 0 atom stereocenters. The molecule has 2 aliphatic heterocycles. The summed E-state index contributed by atoms with van der Waals surface area (Å²) in [4.78, 5) is 30.9. The number of hydrogen-bond donors (Lipinski definition) is 1. The van der Waals surface area contributed by atoms with Crippen molar-refractivity contribution in [2.75, 3.05) is 18.0 Å². The Morgan fingerprint density at radius 3 is 1.97 bits per heavy atom. The second kappa shape index (κ2) is 17.0. The molecule has 0 spiro atoms. The van der Waals surface area contributed by atoms with E-state index in [9.17, 15) is 14.7 Å². The van der Waals surface area contributed by atoms with Crippen LogP contribution in [0, 0.1) is 11.8 Å². The lowest BCUT2D eigenvalue weighted by Crippen LogP contribution is -2.41. The smallest absolute Gasteiger partial charge is 0.333 e. The van der Waals surface area contributed by atoms with E-state index in [-0.39, 0.29) is 24.5 Å². The summed E-state index contributed by atoms with van der Waals surface area (Å²) >= 11 is 14.1. The van der Waals surface area contributed by atoms with E-state index >= 15 is 0 Å². The molecule has 1 N–H and O–H groups in total. The van der Waals surface area contributed by atoms with Crippen LogP contribution in [0.25, 0.3) is 27.1 Å². The van der Waals surface area contributed by atoms with Gasteiger partial charge in [0.1, 0.15) is 12.1 Å². The highest BCUT2D eigenvalue weighted by atomic mass is 35.5. The molecule has 0 bridgehead atoms. The Kier molecular flexibility index (Phi) is 12.1. The third-order valence-electron chi connectivity index (χ3n) is 14.1. The zero-order chi connectivity index (χ0) is 46.2. The van der Waals surface area contributed by atoms with Gasteiger partial charge in [-0.05, 0) is 104 Å². The first-order valence-electron chi connectivity index (χ1n) is 23.1. The molecule has 0 radical (unpaired) electrons. The third-order valence-corrected chi connectivity index (χ3v) is 14.7. The Morgan fingerprint density at radius 2 is 1.38 bits per heavy atom. The van der Waals surface area contributed by atoms with Crippen molar-refractivity contribution in [1.29, 1.82) is 0 Å². The maximum absolute atomic E-state index is 14.8. The summed E-state index contributed by atoms with van der Waals surface area (Å²) in [5.74, 6) is 0.613. The average Bonchev–Trinajstić information content (AvgIpc) is 3.82. The largest absolute Gasteiger partial charge is 0.494 e. The minimum atomic E-state index is -0.523. The normalized spacial score (nSPS) is 18.0. The highest BCUT2D eigenvalue weighted by Gasteiger charge is 2.50. The molecule has 4 aromatic carbocycles. The monoisotopic (exact) mass is 897 g/mol. The van der Waals surface area contributed by atoms with Crippen LogP contribution in [0.1, 0.15) is 112 Å². The number of aromatic hydroxyl groups is 1. The summed E-state index contributed by atoms with van der Waals surface area (Å²) < 4.78 is 4.96. The first-order chi connectivity index (χ1) is 30.4. The lowest BCUT2D eigenvalue weighted by molar-refractivity contribution is -0.439. The van der Waals surface area contributed by atoms with Crippen molar-refractivity contribution in [3.63, 3.8) is 0 Å². The average molecular weight is 899 g/mol. The molecule has 8 rings (SSSR count). The zero-order valence-corrected chi connectivity index (χ0v) is 40.8. The Morgan fingerprint density at radius 1 is 0.797 bits per heavy atom. The summed E-state index contributed by atoms with van der Waals surface area (Å²) in [7, 11) is 0. The minimum Gasteiger partial charge on any atom is -0.494 e. The fourth-order valence-electron chi connectivity index (χ4n) is 10.9. The molecule has 1 aliphatic carbocycles. The van der Waals surface area contributed by atoms with Crippen molar-refractivity contribution in [3.8, 4) is 5.88 Å². The zero-order valence-electron chi connectivity index (χ0n) is 39.3. The molecular formula is C55H63Cl2N4O3+. The first kappa shape index (κ1) is 45.5. The molecule has 0 unspecified atom stereocenters. The summed E-state index contributed by atoms with van der Waals surface area (Å²) in [5, 5.41) is 17.9. The first-order valence-corrected chi connectivity index (χ1v) is 23.9. The molecule has 5 aromatic rings. The summed E-state index contributed by atoms with van der Waals surface area (Å²) in [6.07, 6.45) is 7.51. The Hall–Kier alpha value is -5.11. The van der Waals surface area contributed by atoms with Crippen LogP contribution >= 0.6 is 23.2 Å². The van der Waals surface area contributed by atoms with Crippen LogP contribution in [0.15, 0.2) is 111 Å². The van der Waals surface area contributed by atoms with E-state index < -0.39 is 22.1 Å². The van der Waals surface area contributed by atoms with Gasteiger partial charge >= 0.3 is 5.69 Å². The van der Waals surface area contributed by atoms with Crippen LogP contribution in [0.4, 0.5) is 11.4 Å². The van der Waals surface area contributed by atoms with E-state index in [1.165, 1.54) is 20.3 Å². The number of fused-ring (bicyclic) bond motifs is 6. The van der Waals surface area contributed by atoms with Crippen molar-refractivity contribution in [2.24, 2.45) is 11.8 Å². The van der Waals surface area contributed by atoms with Gasteiger partial charge in [0, 0.05) is 70.8 Å². The minimum absolute atomic E-state index is 0.140. The van der Waals surface area contributed by atoms with Gasteiger partial charge < -0.3 is 10.0 Å². The van der Waals surface area contributed by atoms with Gasteiger partial charge in [-0.15, -0.1) is 0 Å². The quantitative estimate of drug-likeness (QED) is 0.127. The number of hydrogen-bond acceptors (Lipinski definition) is 4. The fourth-order valence-corrected chi connectivity index (χ4v) is 11.4.